The molecule has 2 aliphatic rings. The molecule has 0 aromatic heterocycles. The lowest BCUT2D eigenvalue weighted by atomic mass is 9.84. The van der Waals surface area contributed by atoms with Crippen LogP contribution in [0.15, 0.2) is 42.5 Å². The van der Waals surface area contributed by atoms with Crippen LogP contribution in [0.1, 0.15) is 18.4 Å². The quantitative estimate of drug-likeness (QED) is 0.895. The summed E-state index contributed by atoms with van der Waals surface area (Å²) >= 11 is 0. The summed E-state index contributed by atoms with van der Waals surface area (Å²) in [4.78, 5) is 0. The number of rotatable bonds is 2. The van der Waals surface area contributed by atoms with Crippen molar-refractivity contribution < 1.29 is 14.6 Å². The van der Waals surface area contributed by atoms with Gasteiger partial charge in [0.05, 0.1) is 5.60 Å². The van der Waals surface area contributed by atoms with E-state index in [1.165, 1.54) is 0 Å². The zero-order valence-corrected chi connectivity index (χ0v) is 12.3. The minimum absolute atomic E-state index is 0.290. The first-order valence-electron chi connectivity index (χ1n) is 7.68. The molecule has 2 N–H and O–H groups in total. The highest BCUT2D eigenvalue weighted by Gasteiger charge is 2.30. The van der Waals surface area contributed by atoms with E-state index in [-0.39, 0.29) is 0 Å². The molecule has 0 saturated carbocycles. The molecule has 1 fully saturated rings. The van der Waals surface area contributed by atoms with Gasteiger partial charge in [-0.25, -0.2) is 0 Å². The first-order chi connectivity index (χ1) is 10.7. The molecule has 0 aliphatic carbocycles. The van der Waals surface area contributed by atoms with Crippen molar-refractivity contribution >= 4 is 0 Å². The van der Waals surface area contributed by atoms with Gasteiger partial charge in [-0.05, 0) is 54.8 Å². The van der Waals surface area contributed by atoms with E-state index in [1.54, 1.807) is 0 Å². The maximum absolute atomic E-state index is 10.8. The molecule has 0 bridgehead atoms. The molecule has 4 rings (SSSR count). The zero-order valence-electron chi connectivity index (χ0n) is 12.3. The van der Waals surface area contributed by atoms with Gasteiger partial charge >= 0.3 is 0 Å². The number of fused-ring (bicyclic) bond motifs is 1. The molecular weight excluding hydrogens is 278 g/mol. The Bertz CT molecular complexity index is 675. The van der Waals surface area contributed by atoms with Crippen LogP contribution < -0.4 is 14.8 Å². The smallest absolute Gasteiger partial charge is 0.231 e. The molecule has 1 saturated heterocycles. The van der Waals surface area contributed by atoms with Crippen molar-refractivity contribution in [2.75, 3.05) is 19.9 Å². The summed E-state index contributed by atoms with van der Waals surface area (Å²) in [5.74, 6) is 1.59. The van der Waals surface area contributed by atoms with Crippen LogP contribution in [0.25, 0.3) is 11.1 Å². The molecule has 0 atom stereocenters. The molecule has 0 spiro atoms. The SMILES string of the molecule is OC1(c2ccc(-c3ccc4c(c3)OCO4)cc2)CCNCC1. The van der Waals surface area contributed by atoms with E-state index < -0.39 is 5.60 Å². The molecule has 2 heterocycles. The van der Waals surface area contributed by atoms with Crippen LogP contribution in [0.4, 0.5) is 0 Å². The molecular formula is C18H19NO3. The van der Waals surface area contributed by atoms with Gasteiger partial charge in [-0.2, -0.15) is 0 Å². The van der Waals surface area contributed by atoms with E-state index in [1.807, 2.05) is 30.3 Å². The summed E-state index contributed by atoms with van der Waals surface area (Å²) in [6.45, 7) is 2.01. The molecule has 0 radical (unpaired) electrons. The molecule has 2 aliphatic heterocycles. The Kier molecular flexibility index (Phi) is 3.28. The minimum atomic E-state index is -0.696. The number of benzene rings is 2. The van der Waals surface area contributed by atoms with Crippen LogP contribution in [0.5, 0.6) is 11.5 Å². The molecule has 4 heteroatoms. The minimum Gasteiger partial charge on any atom is -0.454 e. The Labute approximate surface area is 129 Å². The van der Waals surface area contributed by atoms with Gasteiger partial charge in [-0.3, -0.25) is 0 Å². The van der Waals surface area contributed by atoms with Crippen molar-refractivity contribution in [2.24, 2.45) is 0 Å². The van der Waals surface area contributed by atoms with Gasteiger partial charge in [0.1, 0.15) is 0 Å². The highest BCUT2D eigenvalue weighted by atomic mass is 16.7. The average molecular weight is 297 g/mol. The highest BCUT2D eigenvalue weighted by Crippen LogP contribution is 2.37. The van der Waals surface area contributed by atoms with Gasteiger partial charge in [0.2, 0.25) is 6.79 Å². The van der Waals surface area contributed by atoms with Gasteiger partial charge < -0.3 is 19.9 Å². The lowest BCUT2D eigenvalue weighted by Crippen LogP contribution is -2.39. The standard InChI is InChI=1S/C18H19NO3/c20-18(7-9-19-10-8-18)15-4-1-13(2-5-15)14-3-6-16-17(11-14)22-12-21-16/h1-6,11,19-20H,7-10,12H2. The predicted octanol–water partition coefficient (Wildman–Crippen LogP) is 2.65. The van der Waals surface area contributed by atoms with Crippen LogP contribution in [0, 0.1) is 0 Å². The second-order valence-corrected chi connectivity index (χ2v) is 5.93. The monoisotopic (exact) mass is 297 g/mol. The van der Waals surface area contributed by atoms with Crippen molar-refractivity contribution in [1.82, 2.24) is 5.32 Å². The van der Waals surface area contributed by atoms with Gasteiger partial charge in [0.25, 0.3) is 0 Å². The number of ether oxygens (including phenoxy) is 2. The van der Waals surface area contributed by atoms with Crippen molar-refractivity contribution in [2.45, 2.75) is 18.4 Å². The van der Waals surface area contributed by atoms with E-state index in [0.29, 0.717) is 6.79 Å². The van der Waals surface area contributed by atoms with Crippen LogP contribution in [-0.2, 0) is 5.60 Å². The molecule has 4 nitrogen and oxygen atoms in total. The Hall–Kier alpha value is -2.04. The van der Waals surface area contributed by atoms with E-state index in [4.69, 9.17) is 9.47 Å². The normalized spacial score (nSPS) is 19.1. The number of nitrogens with one attached hydrogen (secondary N) is 1. The second-order valence-electron chi connectivity index (χ2n) is 5.93. The predicted molar refractivity (Wildman–Crippen MR) is 84.0 cm³/mol. The van der Waals surface area contributed by atoms with Crippen molar-refractivity contribution in [1.29, 1.82) is 0 Å². The number of piperidine rings is 1. The number of aliphatic hydroxyl groups is 1. The van der Waals surface area contributed by atoms with Gasteiger partial charge in [0, 0.05) is 0 Å². The molecule has 114 valence electrons. The van der Waals surface area contributed by atoms with Crippen molar-refractivity contribution in [3.63, 3.8) is 0 Å². The third-order valence-corrected chi connectivity index (χ3v) is 4.56. The Balaban J connectivity index is 1.62. The maximum atomic E-state index is 10.8. The number of hydrogen-bond acceptors (Lipinski definition) is 4. The van der Waals surface area contributed by atoms with E-state index in [0.717, 1.165) is 54.1 Å². The van der Waals surface area contributed by atoms with Crippen molar-refractivity contribution in [3.8, 4) is 22.6 Å². The van der Waals surface area contributed by atoms with Crippen LogP contribution in [-0.4, -0.2) is 25.0 Å². The fourth-order valence-corrected chi connectivity index (χ4v) is 3.18. The summed E-state index contributed by atoms with van der Waals surface area (Å²) in [6, 6.07) is 14.2. The van der Waals surface area contributed by atoms with Crippen LogP contribution in [0.3, 0.4) is 0 Å². The molecule has 0 unspecified atom stereocenters. The largest absolute Gasteiger partial charge is 0.454 e. The van der Waals surface area contributed by atoms with Crippen LogP contribution in [0.2, 0.25) is 0 Å². The Morgan fingerprint density at radius 3 is 2.32 bits per heavy atom. The first-order valence-corrected chi connectivity index (χ1v) is 7.68. The summed E-state index contributed by atoms with van der Waals surface area (Å²) in [7, 11) is 0. The van der Waals surface area contributed by atoms with E-state index in [9.17, 15) is 5.11 Å². The second kappa shape index (κ2) is 5.30. The highest BCUT2D eigenvalue weighted by molar-refractivity contribution is 5.67. The summed E-state index contributed by atoms with van der Waals surface area (Å²) < 4.78 is 10.8. The van der Waals surface area contributed by atoms with E-state index in [2.05, 4.69) is 17.4 Å². The summed E-state index contributed by atoms with van der Waals surface area (Å²) in [5, 5.41) is 14.0. The lowest BCUT2D eigenvalue weighted by molar-refractivity contribution is 0.00595. The fraction of sp³-hybridized carbons (Fsp3) is 0.333. The van der Waals surface area contributed by atoms with Gasteiger partial charge in [0.15, 0.2) is 11.5 Å². The fourth-order valence-electron chi connectivity index (χ4n) is 3.18. The molecule has 2 aromatic rings. The summed E-state index contributed by atoms with van der Waals surface area (Å²) in [5.41, 5.74) is 2.50. The van der Waals surface area contributed by atoms with Gasteiger partial charge in [-0.1, -0.05) is 30.3 Å². The molecule has 22 heavy (non-hydrogen) atoms. The van der Waals surface area contributed by atoms with E-state index >= 15 is 0 Å². The third-order valence-electron chi connectivity index (χ3n) is 4.56. The zero-order chi connectivity index (χ0) is 15.0. The van der Waals surface area contributed by atoms with Gasteiger partial charge in [-0.15, -0.1) is 0 Å². The third kappa shape index (κ3) is 2.34. The Morgan fingerprint density at radius 1 is 0.864 bits per heavy atom. The maximum Gasteiger partial charge on any atom is 0.231 e. The Morgan fingerprint density at radius 2 is 1.55 bits per heavy atom. The van der Waals surface area contributed by atoms with Crippen molar-refractivity contribution in [3.05, 3.63) is 48.0 Å². The lowest BCUT2D eigenvalue weighted by Gasteiger charge is -2.33. The summed E-state index contributed by atoms with van der Waals surface area (Å²) in [6.07, 6.45) is 1.52. The first kappa shape index (κ1) is 13.6. The topological polar surface area (TPSA) is 50.7 Å². The molecule has 0 amide bonds. The van der Waals surface area contributed by atoms with Crippen LogP contribution >= 0.6 is 0 Å². The molecule has 2 aromatic carbocycles. The average Bonchev–Trinajstić information content (AvgIpc) is 3.03. The number of hydrogen-bond donors (Lipinski definition) is 2.